The maximum absolute atomic E-state index is 12.3. The number of carboxylic acids is 1. The monoisotopic (exact) mass is 313 g/mol. The Balaban J connectivity index is 2.17. The number of nitrogens with one attached hydrogen (secondary N) is 1. The van der Waals surface area contributed by atoms with E-state index in [1.54, 1.807) is 12.1 Å². The van der Waals surface area contributed by atoms with Crippen molar-refractivity contribution >= 4 is 16.0 Å². The Bertz CT molecular complexity index is 596. The number of aliphatic carboxylic acids is 1. The van der Waals surface area contributed by atoms with Gasteiger partial charge < -0.3 is 9.84 Å². The minimum Gasteiger partial charge on any atom is -0.497 e. The van der Waals surface area contributed by atoms with Crippen molar-refractivity contribution < 1.29 is 23.1 Å². The third-order valence-electron chi connectivity index (χ3n) is 3.76. The third kappa shape index (κ3) is 3.74. The van der Waals surface area contributed by atoms with Crippen molar-refractivity contribution in [3.8, 4) is 5.75 Å². The van der Waals surface area contributed by atoms with E-state index < -0.39 is 28.0 Å². The van der Waals surface area contributed by atoms with E-state index in [0.29, 0.717) is 18.6 Å². The number of carboxylic acid groups (broad SMARTS) is 1. The SMILES string of the molecule is COc1ccc(S(=O)(=O)N[C@@H]2CCCC[C@@H]2C(=O)O)cc1. The summed E-state index contributed by atoms with van der Waals surface area (Å²) in [6, 6.07) is 5.46. The smallest absolute Gasteiger partial charge is 0.308 e. The quantitative estimate of drug-likeness (QED) is 0.861. The molecular weight excluding hydrogens is 294 g/mol. The Morgan fingerprint density at radius 1 is 1.24 bits per heavy atom. The highest BCUT2D eigenvalue weighted by Gasteiger charge is 2.33. The van der Waals surface area contributed by atoms with Gasteiger partial charge in [-0.15, -0.1) is 0 Å². The van der Waals surface area contributed by atoms with Crippen LogP contribution in [-0.4, -0.2) is 32.6 Å². The topological polar surface area (TPSA) is 92.7 Å². The van der Waals surface area contributed by atoms with E-state index in [0.717, 1.165) is 12.8 Å². The highest BCUT2D eigenvalue weighted by molar-refractivity contribution is 7.89. The molecule has 0 heterocycles. The summed E-state index contributed by atoms with van der Waals surface area (Å²) in [7, 11) is -2.22. The minimum absolute atomic E-state index is 0.109. The van der Waals surface area contributed by atoms with Crippen LogP contribution in [0.15, 0.2) is 29.2 Å². The number of sulfonamides is 1. The summed E-state index contributed by atoms with van der Waals surface area (Å²) in [5.74, 6) is -1.04. The third-order valence-corrected chi connectivity index (χ3v) is 5.27. The normalized spacial score (nSPS) is 22.7. The van der Waals surface area contributed by atoms with Crippen molar-refractivity contribution in [2.24, 2.45) is 5.92 Å². The lowest BCUT2D eigenvalue weighted by Gasteiger charge is -2.28. The molecular formula is C14H19NO5S. The Morgan fingerprint density at radius 2 is 1.86 bits per heavy atom. The molecule has 1 saturated carbocycles. The molecule has 1 aliphatic rings. The summed E-state index contributed by atoms with van der Waals surface area (Å²) in [5, 5.41) is 9.19. The van der Waals surface area contributed by atoms with Crippen LogP contribution in [0.2, 0.25) is 0 Å². The summed E-state index contributed by atoms with van der Waals surface area (Å²) in [4.78, 5) is 11.3. The van der Waals surface area contributed by atoms with Gasteiger partial charge >= 0.3 is 5.97 Å². The number of rotatable bonds is 5. The summed E-state index contributed by atoms with van der Waals surface area (Å²) < 4.78 is 32.2. The zero-order valence-corrected chi connectivity index (χ0v) is 12.6. The molecule has 2 atom stereocenters. The van der Waals surface area contributed by atoms with E-state index in [4.69, 9.17) is 4.74 Å². The molecule has 0 unspecified atom stereocenters. The molecule has 2 rings (SSSR count). The summed E-state index contributed by atoms with van der Waals surface area (Å²) in [5.41, 5.74) is 0. The van der Waals surface area contributed by atoms with Crippen molar-refractivity contribution in [3.05, 3.63) is 24.3 Å². The number of ether oxygens (including phenoxy) is 1. The fraction of sp³-hybridized carbons (Fsp3) is 0.500. The van der Waals surface area contributed by atoms with E-state index in [9.17, 15) is 18.3 Å². The molecule has 2 N–H and O–H groups in total. The van der Waals surface area contributed by atoms with Gasteiger partial charge in [-0.3, -0.25) is 4.79 Å². The maximum Gasteiger partial charge on any atom is 0.308 e. The number of hydrogen-bond acceptors (Lipinski definition) is 4. The summed E-state index contributed by atoms with van der Waals surface area (Å²) >= 11 is 0. The number of carbonyl (C=O) groups is 1. The Hall–Kier alpha value is -1.60. The highest BCUT2D eigenvalue weighted by Crippen LogP contribution is 2.26. The van der Waals surface area contributed by atoms with Gasteiger partial charge in [0.1, 0.15) is 5.75 Å². The first-order valence-corrected chi connectivity index (χ1v) is 8.31. The average molecular weight is 313 g/mol. The Morgan fingerprint density at radius 3 is 2.43 bits per heavy atom. The predicted octanol–water partition coefficient (Wildman–Crippen LogP) is 1.62. The van der Waals surface area contributed by atoms with Crippen LogP contribution in [0, 0.1) is 5.92 Å². The second-order valence-corrected chi connectivity index (χ2v) is 6.85. The van der Waals surface area contributed by atoms with Crippen LogP contribution in [0.4, 0.5) is 0 Å². The lowest BCUT2D eigenvalue weighted by atomic mass is 9.85. The van der Waals surface area contributed by atoms with E-state index in [2.05, 4.69) is 4.72 Å². The first-order chi connectivity index (χ1) is 9.94. The molecule has 1 fully saturated rings. The van der Waals surface area contributed by atoms with E-state index in [-0.39, 0.29) is 4.90 Å². The van der Waals surface area contributed by atoms with Crippen LogP contribution in [0.1, 0.15) is 25.7 Å². The van der Waals surface area contributed by atoms with Crippen LogP contribution >= 0.6 is 0 Å². The Labute approximate surface area is 124 Å². The molecule has 0 bridgehead atoms. The lowest BCUT2D eigenvalue weighted by molar-refractivity contribution is -0.143. The largest absolute Gasteiger partial charge is 0.497 e. The predicted molar refractivity (Wildman–Crippen MR) is 76.7 cm³/mol. The molecule has 1 aromatic rings. The average Bonchev–Trinajstić information content (AvgIpc) is 2.47. The second kappa shape index (κ2) is 6.44. The molecule has 0 aliphatic heterocycles. The van der Waals surface area contributed by atoms with Crippen LogP contribution in [-0.2, 0) is 14.8 Å². The molecule has 21 heavy (non-hydrogen) atoms. The molecule has 7 heteroatoms. The Kier molecular flexibility index (Phi) is 4.84. The molecule has 0 saturated heterocycles. The summed E-state index contributed by atoms with van der Waals surface area (Å²) in [6.07, 6.45) is 2.70. The molecule has 0 radical (unpaired) electrons. The zero-order chi connectivity index (χ0) is 15.5. The van der Waals surface area contributed by atoms with Gasteiger partial charge in [0, 0.05) is 6.04 Å². The fourth-order valence-corrected chi connectivity index (χ4v) is 3.90. The minimum atomic E-state index is -3.72. The van der Waals surface area contributed by atoms with Crippen molar-refractivity contribution in [3.63, 3.8) is 0 Å². The molecule has 1 aromatic carbocycles. The van der Waals surface area contributed by atoms with Crippen molar-refractivity contribution in [2.75, 3.05) is 7.11 Å². The maximum atomic E-state index is 12.3. The standard InChI is InChI=1S/C14H19NO5S/c1-20-10-6-8-11(9-7-10)21(18,19)15-13-5-3-2-4-12(13)14(16)17/h6-9,12-13,15H,2-5H2,1H3,(H,16,17)/t12-,13+/m0/s1. The van der Waals surface area contributed by atoms with Gasteiger partial charge in [-0.2, -0.15) is 0 Å². The van der Waals surface area contributed by atoms with Gasteiger partial charge in [0.15, 0.2) is 0 Å². The van der Waals surface area contributed by atoms with Crippen molar-refractivity contribution in [2.45, 2.75) is 36.6 Å². The van der Waals surface area contributed by atoms with Gasteiger partial charge in [-0.05, 0) is 37.1 Å². The first-order valence-electron chi connectivity index (χ1n) is 6.83. The van der Waals surface area contributed by atoms with Crippen LogP contribution in [0.25, 0.3) is 0 Å². The van der Waals surface area contributed by atoms with Gasteiger partial charge in [0.05, 0.1) is 17.9 Å². The van der Waals surface area contributed by atoms with Crippen LogP contribution < -0.4 is 9.46 Å². The van der Waals surface area contributed by atoms with Crippen LogP contribution in [0.3, 0.4) is 0 Å². The molecule has 0 spiro atoms. The van der Waals surface area contributed by atoms with Crippen molar-refractivity contribution in [1.29, 1.82) is 0 Å². The van der Waals surface area contributed by atoms with Crippen molar-refractivity contribution in [1.82, 2.24) is 4.72 Å². The number of benzene rings is 1. The lowest BCUT2D eigenvalue weighted by Crippen LogP contribution is -2.44. The van der Waals surface area contributed by atoms with Crippen LogP contribution in [0.5, 0.6) is 5.75 Å². The molecule has 0 aromatic heterocycles. The second-order valence-electron chi connectivity index (χ2n) is 5.13. The molecule has 1 aliphatic carbocycles. The van der Waals surface area contributed by atoms with Gasteiger partial charge in [0.2, 0.25) is 10.0 Å². The van der Waals surface area contributed by atoms with Gasteiger partial charge in [-0.25, -0.2) is 13.1 Å². The molecule has 6 nitrogen and oxygen atoms in total. The highest BCUT2D eigenvalue weighted by atomic mass is 32.2. The number of hydrogen-bond donors (Lipinski definition) is 2. The van der Waals surface area contributed by atoms with E-state index >= 15 is 0 Å². The first kappa shape index (κ1) is 15.8. The van der Waals surface area contributed by atoms with Gasteiger partial charge in [0.25, 0.3) is 0 Å². The molecule has 0 amide bonds. The summed E-state index contributed by atoms with van der Waals surface area (Å²) in [6.45, 7) is 0. The number of methoxy groups -OCH3 is 1. The van der Waals surface area contributed by atoms with E-state index in [1.165, 1.54) is 19.2 Å². The van der Waals surface area contributed by atoms with E-state index in [1.807, 2.05) is 0 Å². The fourth-order valence-electron chi connectivity index (χ4n) is 2.59. The van der Waals surface area contributed by atoms with Gasteiger partial charge in [-0.1, -0.05) is 12.8 Å². The molecule has 116 valence electrons. The zero-order valence-electron chi connectivity index (χ0n) is 11.8.